The van der Waals surface area contributed by atoms with E-state index in [1.807, 2.05) is 12.1 Å². The summed E-state index contributed by atoms with van der Waals surface area (Å²) in [6.45, 7) is 7.74. The van der Waals surface area contributed by atoms with Crippen LogP contribution in [0.15, 0.2) is 29.1 Å². The zero-order valence-corrected chi connectivity index (χ0v) is 11.6. The molecule has 0 amide bonds. The third-order valence-electron chi connectivity index (χ3n) is 3.27. The Kier molecular flexibility index (Phi) is 4.27. The van der Waals surface area contributed by atoms with Gasteiger partial charge in [0.2, 0.25) is 0 Å². The first-order valence-electron chi connectivity index (χ1n) is 6.69. The monoisotopic (exact) mass is 260 g/mol. The molecule has 0 aliphatic carbocycles. The number of hydrogen-bond donors (Lipinski definition) is 1. The number of nitrogens with one attached hydrogen (secondary N) is 1. The van der Waals surface area contributed by atoms with Crippen LogP contribution in [0, 0.1) is 5.92 Å². The summed E-state index contributed by atoms with van der Waals surface area (Å²) in [5.74, 6) is 0.431. The first-order valence-corrected chi connectivity index (χ1v) is 6.69. The highest BCUT2D eigenvalue weighted by Gasteiger charge is 2.15. The molecule has 0 saturated carbocycles. The van der Waals surface area contributed by atoms with E-state index in [1.165, 1.54) is 4.68 Å². The lowest BCUT2D eigenvalue weighted by Gasteiger charge is -2.21. The Bertz CT molecular complexity index is 606. The third kappa shape index (κ3) is 2.98. The summed E-state index contributed by atoms with van der Waals surface area (Å²) < 4.78 is 1.45. The molecule has 0 bridgehead atoms. The molecule has 0 fully saturated rings. The van der Waals surface area contributed by atoms with E-state index in [0.29, 0.717) is 23.4 Å². The van der Waals surface area contributed by atoms with E-state index in [-0.39, 0.29) is 11.6 Å². The predicted octanol–water partition coefficient (Wildman–Crippen LogP) is 1.43. The molecule has 1 aromatic carbocycles. The molecule has 0 spiro atoms. The maximum Gasteiger partial charge on any atom is 0.277 e. The average Bonchev–Trinajstić information content (AvgIpc) is 2.41. The topological polar surface area (TPSA) is 59.8 Å². The van der Waals surface area contributed by atoms with Gasteiger partial charge in [-0.2, -0.15) is 0 Å². The van der Waals surface area contributed by atoms with Crippen molar-refractivity contribution in [3.8, 4) is 0 Å². The van der Waals surface area contributed by atoms with Crippen molar-refractivity contribution in [3.63, 3.8) is 0 Å². The Morgan fingerprint density at radius 1 is 1.32 bits per heavy atom. The average molecular weight is 260 g/mol. The van der Waals surface area contributed by atoms with Crippen molar-refractivity contribution < 1.29 is 0 Å². The summed E-state index contributed by atoms with van der Waals surface area (Å²) in [7, 11) is 0. The number of likely N-dealkylation sites (N-methyl/N-ethyl adjacent to an activating group) is 1. The van der Waals surface area contributed by atoms with Crippen LogP contribution in [0.2, 0.25) is 0 Å². The van der Waals surface area contributed by atoms with Crippen LogP contribution in [-0.2, 0) is 6.54 Å². The second-order valence-corrected chi connectivity index (χ2v) is 5.00. The Morgan fingerprint density at radius 3 is 2.74 bits per heavy atom. The summed E-state index contributed by atoms with van der Waals surface area (Å²) >= 11 is 0. The molecule has 1 heterocycles. The second kappa shape index (κ2) is 5.93. The quantitative estimate of drug-likeness (QED) is 0.883. The van der Waals surface area contributed by atoms with Crippen molar-refractivity contribution in [2.75, 3.05) is 6.54 Å². The number of rotatable bonds is 5. The molecule has 1 atom stereocenters. The van der Waals surface area contributed by atoms with Gasteiger partial charge in [0.05, 0.1) is 11.9 Å². The minimum atomic E-state index is -0.0749. The highest BCUT2D eigenvalue weighted by Crippen LogP contribution is 2.06. The minimum Gasteiger partial charge on any atom is -0.312 e. The van der Waals surface area contributed by atoms with Crippen LogP contribution in [0.5, 0.6) is 0 Å². The van der Waals surface area contributed by atoms with Crippen molar-refractivity contribution in [2.24, 2.45) is 5.92 Å². The van der Waals surface area contributed by atoms with E-state index in [9.17, 15) is 4.79 Å². The summed E-state index contributed by atoms with van der Waals surface area (Å²) in [5, 5.41) is 12.1. The van der Waals surface area contributed by atoms with Crippen molar-refractivity contribution in [1.29, 1.82) is 0 Å². The maximum atomic E-state index is 12.3. The van der Waals surface area contributed by atoms with Gasteiger partial charge < -0.3 is 5.32 Å². The van der Waals surface area contributed by atoms with Crippen LogP contribution in [-0.4, -0.2) is 27.6 Å². The maximum absolute atomic E-state index is 12.3. The number of fused-ring (bicyclic) bond motifs is 1. The molecular formula is C14H20N4O. The number of nitrogens with zero attached hydrogens (tertiary/aromatic N) is 3. The van der Waals surface area contributed by atoms with E-state index < -0.39 is 0 Å². The van der Waals surface area contributed by atoms with Crippen LogP contribution in [0.25, 0.3) is 10.9 Å². The van der Waals surface area contributed by atoms with E-state index in [0.717, 1.165) is 6.54 Å². The van der Waals surface area contributed by atoms with Crippen molar-refractivity contribution in [3.05, 3.63) is 34.6 Å². The third-order valence-corrected chi connectivity index (χ3v) is 3.27. The Balaban J connectivity index is 2.35. The molecule has 2 rings (SSSR count). The van der Waals surface area contributed by atoms with Gasteiger partial charge in [-0.05, 0) is 24.6 Å². The van der Waals surface area contributed by atoms with Gasteiger partial charge in [-0.3, -0.25) is 4.79 Å². The Hall–Kier alpha value is -1.75. The summed E-state index contributed by atoms with van der Waals surface area (Å²) in [5.41, 5.74) is 0.572. The molecule has 0 saturated heterocycles. The lowest BCUT2D eigenvalue weighted by molar-refractivity contribution is 0.337. The molecule has 5 heteroatoms. The van der Waals surface area contributed by atoms with Gasteiger partial charge in [-0.25, -0.2) is 4.68 Å². The molecule has 19 heavy (non-hydrogen) atoms. The molecule has 2 aromatic rings. The van der Waals surface area contributed by atoms with Gasteiger partial charge in [-0.1, -0.05) is 38.1 Å². The molecule has 5 nitrogen and oxygen atoms in total. The molecule has 1 unspecified atom stereocenters. The van der Waals surface area contributed by atoms with Crippen molar-refractivity contribution in [2.45, 2.75) is 33.4 Å². The fraction of sp³-hybridized carbons (Fsp3) is 0.500. The van der Waals surface area contributed by atoms with E-state index in [4.69, 9.17) is 0 Å². The summed E-state index contributed by atoms with van der Waals surface area (Å²) in [4.78, 5) is 12.3. The first-order chi connectivity index (χ1) is 9.13. The first kappa shape index (κ1) is 13.7. The molecular weight excluding hydrogens is 240 g/mol. The van der Waals surface area contributed by atoms with Crippen LogP contribution >= 0.6 is 0 Å². The zero-order chi connectivity index (χ0) is 13.8. The lowest BCUT2D eigenvalue weighted by atomic mass is 10.0. The lowest BCUT2D eigenvalue weighted by Crippen LogP contribution is -2.41. The summed E-state index contributed by atoms with van der Waals surface area (Å²) in [6, 6.07) is 7.52. The van der Waals surface area contributed by atoms with E-state index in [1.54, 1.807) is 12.1 Å². The minimum absolute atomic E-state index is 0.0749. The van der Waals surface area contributed by atoms with Crippen LogP contribution in [0.3, 0.4) is 0 Å². The fourth-order valence-corrected chi connectivity index (χ4v) is 2.10. The number of benzene rings is 1. The normalized spacial score (nSPS) is 13.1. The van der Waals surface area contributed by atoms with Gasteiger partial charge >= 0.3 is 0 Å². The van der Waals surface area contributed by atoms with Gasteiger partial charge in [0, 0.05) is 6.04 Å². The highest BCUT2D eigenvalue weighted by molar-refractivity contribution is 5.76. The van der Waals surface area contributed by atoms with Crippen molar-refractivity contribution in [1.82, 2.24) is 20.3 Å². The number of hydrogen-bond acceptors (Lipinski definition) is 4. The van der Waals surface area contributed by atoms with Gasteiger partial charge in [0.1, 0.15) is 5.52 Å². The molecule has 1 aromatic heterocycles. The fourth-order valence-electron chi connectivity index (χ4n) is 2.10. The molecule has 0 aliphatic rings. The van der Waals surface area contributed by atoms with Gasteiger partial charge in [-0.15, -0.1) is 5.10 Å². The summed E-state index contributed by atoms with van der Waals surface area (Å²) in [6.07, 6.45) is 0. The van der Waals surface area contributed by atoms with Gasteiger partial charge in [0.15, 0.2) is 0 Å². The van der Waals surface area contributed by atoms with Crippen molar-refractivity contribution >= 4 is 10.9 Å². The van der Waals surface area contributed by atoms with E-state index >= 15 is 0 Å². The van der Waals surface area contributed by atoms with Crippen LogP contribution in [0.1, 0.15) is 20.8 Å². The highest BCUT2D eigenvalue weighted by atomic mass is 16.1. The number of aromatic nitrogens is 3. The smallest absolute Gasteiger partial charge is 0.277 e. The predicted molar refractivity (Wildman–Crippen MR) is 76.1 cm³/mol. The molecule has 0 aliphatic heterocycles. The zero-order valence-electron chi connectivity index (χ0n) is 11.6. The molecule has 0 radical (unpaired) electrons. The van der Waals surface area contributed by atoms with Crippen LogP contribution < -0.4 is 10.9 Å². The molecule has 1 N–H and O–H groups in total. The Labute approximate surface area is 112 Å². The largest absolute Gasteiger partial charge is 0.312 e. The Morgan fingerprint density at radius 2 is 2.05 bits per heavy atom. The van der Waals surface area contributed by atoms with E-state index in [2.05, 4.69) is 36.4 Å². The van der Waals surface area contributed by atoms with Gasteiger partial charge in [0.25, 0.3) is 5.56 Å². The standard InChI is InChI=1S/C14H20N4O/c1-4-15-13(10(2)3)9-18-14(19)11-7-5-6-8-12(11)16-17-18/h5-8,10,13,15H,4,9H2,1-3H3. The molecule has 102 valence electrons. The van der Waals surface area contributed by atoms with Crippen LogP contribution in [0.4, 0.5) is 0 Å². The second-order valence-electron chi connectivity index (χ2n) is 5.00. The SMILES string of the molecule is CCNC(Cn1nnc2ccccc2c1=O)C(C)C.